The lowest BCUT2D eigenvalue weighted by molar-refractivity contribution is -0.141. The van der Waals surface area contributed by atoms with E-state index in [1.54, 1.807) is 6.07 Å². The Balaban J connectivity index is 1.19. The molecule has 13 heteroatoms. The van der Waals surface area contributed by atoms with Crippen molar-refractivity contribution in [1.29, 1.82) is 0 Å². The molecule has 10 nitrogen and oxygen atoms in total. The minimum absolute atomic E-state index is 0.00821. The van der Waals surface area contributed by atoms with E-state index in [0.717, 1.165) is 29.4 Å². The van der Waals surface area contributed by atoms with Gasteiger partial charge in [-0.1, -0.05) is 66.7 Å². The van der Waals surface area contributed by atoms with Gasteiger partial charge in [0.1, 0.15) is 12.1 Å². The van der Waals surface area contributed by atoms with Crippen LogP contribution in [-0.4, -0.2) is 83.5 Å². The van der Waals surface area contributed by atoms with Gasteiger partial charge < -0.3 is 26.2 Å². The summed E-state index contributed by atoms with van der Waals surface area (Å²) < 4.78 is 28.5. The molecule has 4 N–H and O–H groups in total. The van der Waals surface area contributed by atoms with E-state index < -0.39 is 47.7 Å². The number of nitrogens with zero attached hydrogens (tertiary/aromatic N) is 2. The number of halogens is 2. The highest BCUT2D eigenvalue weighted by atomic mass is 32.1. The number of ketones is 1. The van der Waals surface area contributed by atoms with E-state index in [9.17, 15) is 32.8 Å². The van der Waals surface area contributed by atoms with Crippen molar-refractivity contribution in [3.05, 3.63) is 106 Å². The van der Waals surface area contributed by atoms with Crippen LogP contribution in [-0.2, 0) is 25.1 Å². The van der Waals surface area contributed by atoms with Gasteiger partial charge in [-0.05, 0) is 61.0 Å². The number of thiophene rings is 1. The second-order valence-corrected chi connectivity index (χ2v) is 15.2. The number of nitrogens with one attached hydrogen (secondary N) is 2. The van der Waals surface area contributed by atoms with Gasteiger partial charge in [0.25, 0.3) is 11.8 Å². The van der Waals surface area contributed by atoms with Gasteiger partial charge in [-0.3, -0.25) is 24.0 Å². The van der Waals surface area contributed by atoms with Crippen molar-refractivity contribution in [2.45, 2.75) is 75.0 Å². The maximum absolute atomic E-state index is 14.2. The van der Waals surface area contributed by atoms with Crippen LogP contribution in [0.3, 0.4) is 0 Å². The van der Waals surface area contributed by atoms with Crippen molar-refractivity contribution in [3.8, 4) is 0 Å². The highest BCUT2D eigenvalue weighted by Gasteiger charge is 2.46. The van der Waals surface area contributed by atoms with Crippen LogP contribution in [0.4, 0.5) is 8.78 Å². The Morgan fingerprint density at radius 3 is 2.23 bits per heavy atom. The van der Waals surface area contributed by atoms with Crippen molar-refractivity contribution < 1.29 is 32.8 Å². The van der Waals surface area contributed by atoms with Gasteiger partial charge in [0.15, 0.2) is 5.78 Å². The number of fused-ring (bicyclic) bond motifs is 2. The van der Waals surface area contributed by atoms with Crippen molar-refractivity contribution >= 4 is 50.8 Å². The number of likely N-dealkylation sites (N-methyl/N-ethyl adjacent to an activating group) is 1. The summed E-state index contributed by atoms with van der Waals surface area (Å²) in [5.41, 5.74) is 7.17. The van der Waals surface area contributed by atoms with Crippen molar-refractivity contribution in [3.63, 3.8) is 0 Å². The Hall–Kier alpha value is -5.01. The molecule has 0 unspecified atom stereocenters. The number of benzene rings is 3. The molecule has 0 bridgehead atoms. The molecule has 6 rings (SSSR count). The Morgan fingerprint density at radius 2 is 1.60 bits per heavy atom. The molecular formula is C40H43F2N5O5S. The molecule has 1 aromatic heterocycles. The van der Waals surface area contributed by atoms with Gasteiger partial charge in [-0.25, -0.2) is 8.78 Å². The normalized spacial score (nSPS) is 19.8. The van der Waals surface area contributed by atoms with E-state index in [-0.39, 0.29) is 54.0 Å². The SMILES string of the molecule is CN1C[C@H]2CC[C@@H](C(=O)N[C@@H](CCC(N)=O)C(=O)CC(c3ccccc3)c3ccccc3)N2C(=O)[C@@H](NC(=O)c2cc3cc(C(C)(F)F)ccc3s2)C1. The third kappa shape index (κ3) is 8.80. The smallest absolute Gasteiger partial charge is 0.270 e. The highest BCUT2D eigenvalue weighted by molar-refractivity contribution is 7.20. The zero-order valence-corrected chi connectivity index (χ0v) is 30.4. The molecule has 0 radical (unpaired) electrons. The van der Waals surface area contributed by atoms with Crippen LogP contribution >= 0.6 is 11.3 Å². The Labute approximate surface area is 310 Å². The first-order valence-electron chi connectivity index (χ1n) is 17.7. The van der Waals surface area contributed by atoms with Crippen LogP contribution in [0.1, 0.15) is 71.3 Å². The summed E-state index contributed by atoms with van der Waals surface area (Å²) in [5.74, 6) is -5.66. The third-order valence-electron chi connectivity index (χ3n) is 10.1. The molecule has 3 aromatic carbocycles. The summed E-state index contributed by atoms with van der Waals surface area (Å²) in [7, 11) is 1.84. The predicted octanol–water partition coefficient (Wildman–Crippen LogP) is 4.96. The van der Waals surface area contributed by atoms with Crippen LogP contribution < -0.4 is 16.4 Å². The molecule has 4 aromatic rings. The fourth-order valence-electron chi connectivity index (χ4n) is 7.43. The molecule has 0 saturated carbocycles. The lowest BCUT2D eigenvalue weighted by Gasteiger charge is -2.31. The molecular weight excluding hydrogens is 701 g/mol. The first-order chi connectivity index (χ1) is 25.3. The third-order valence-corrected chi connectivity index (χ3v) is 11.2. The number of alkyl halides is 2. The molecule has 4 atom stereocenters. The van der Waals surface area contributed by atoms with Crippen molar-refractivity contribution in [1.82, 2.24) is 20.4 Å². The summed E-state index contributed by atoms with van der Waals surface area (Å²) >= 11 is 1.14. The lowest BCUT2D eigenvalue weighted by Crippen LogP contribution is -2.57. The first kappa shape index (κ1) is 37.7. The van der Waals surface area contributed by atoms with Crippen LogP contribution in [0.2, 0.25) is 0 Å². The number of hydrogen-bond acceptors (Lipinski definition) is 7. The van der Waals surface area contributed by atoms with Crippen LogP contribution in [0, 0.1) is 0 Å². The quantitative estimate of drug-likeness (QED) is 0.177. The number of primary amides is 1. The molecule has 53 heavy (non-hydrogen) atoms. The fraction of sp³-hybridized carbons (Fsp3) is 0.375. The lowest BCUT2D eigenvalue weighted by atomic mass is 9.85. The zero-order valence-electron chi connectivity index (χ0n) is 29.6. The fourth-order valence-corrected chi connectivity index (χ4v) is 8.38. The van der Waals surface area contributed by atoms with E-state index >= 15 is 0 Å². The molecule has 2 aliphatic rings. The maximum Gasteiger partial charge on any atom is 0.270 e. The van der Waals surface area contributed by atoms with Crippen LogP contribution in [0.5, 0.6) is 0 Å². The Bertz CT molecular complexity index is 1950. The summed E-state index contributed by atoms with van der Waals surface area (Å²) in [6.07, 6.45) is 0.845. The number of rotatable bonds is 13. The number of carbonyl (C=O) groups excluding carboxylic acids is 5. The average molecular weight is 744 g/mol. The second-order valence-electron chi connectivity index (χ2n) is 14.1. The molecule has 0 spiro atoms. The van der Waals surface area contributed by atoms with E-state index in [1.807, 2.05) is 72.6 Å². The summed E-state index contributed by atoms with van der Waals surface area (Å²) in [5, 5.41) is 6.21. The summed E-state index contributed by atoms with van der Waals surface area (Å²) in [6.45, 7) is 1.48. The monoisotopic (exact) mass is 743 g/mol. The molecule has 3 heterocycles. The van der Waals surface area contributed by atoms with Gasteiger partial charge in [0.05, 0.1) is 10.9 Å². The summed E-state index contributed by atoms with van der Waals surface area (Å²) in [6, 6.07) is 21.7. The van der Waals surface area contributed by atoms with Gasteiger partial charge in [-0.2, -0.15) is 0 Å². The number of Topliss-reactive ketones (excluding diaryl/α,β-unsaturated/α-hetero) is 1. The van der Waals surface area contributed by atoms with Crippen LogP contribution in [0.25, 0.3) is 10.1 Å². The second kappa shape index (κ2) is 15.9. The Kier molecular flexibility index (Phi) is 11.3. The van der Waals surface area contributed by atoms with Gasteiger partial charge in [0, 0.05) is 55.1 Å². The van der Waals surface area contributed by atoms with Gasteiger partial charge >= 0.3 is 0 Å². The highest BCUT2D eigenvalue weighted by Crippen LogP contribution is 2.34. The zero-order chi connectivity index (χ0) is 37.9. The predicted molar refractivity (Wildman–Crippen MR) is 199 cm³/mol. The van der Waals surface area contributed by atoms with Gasteiger partial charge in [-0.15, -0.1) is 11.3 Å². The minimum atomic E-state index is -3.03. The van der Waals surface area contributed by atoms with Crippen LogP contribution in [0.15, 0.2) is 84.9 Å². The standard InChI is InChI=1S/C40H43F2N5O5S/c1-40(41,42)27-13-17-34-26(19-27)20-35(53-34)38(51)45-31-23-46(2)22-28-14-16-32(47(28)39(31)52)37(50)44-30(15-18-36(43)49)33(48)21-29(24-9-5-3-6-10-24)25-11-7-4-8-12-25/h3-13,17,19-20,28-32H,14-16,18,21-23H2,1-2H3,(H2,43,49)(H,44,50)(H,45,51)/t28-,30+,31+,32+/m1/s1. The molecule has 2 aliphatic heterocycles. The molecule has 2 saturated heterocycles. The average Bonchev–Trinajstić information content (AvgIpc) is 3.73. The van der Waals surface area contributed by atoms with Crippen molar-refractivity contribution in [2.24, 2.45) is 5.73 Å². The van der Waals surface area contributed by atoms with Crippen molar-refractivity contribution in [2.75, 3.05) is 20.1 Å². The summed E-state index contributed by atoms with van der Waals surface area (Å²) in [4.78, 5) is 71.3. The largest absolute Gasteiger partial charge is 0.370 e. The molecule has 0 aliphatic carbocycles. The molecule has 278 valence electrons. The van der Waals surface area contributed by atoms with Gasteiger partial charge in [0.2, 0.25) is 17.7 Å². The molecule has 4 amide bonds. The number of carbonyl (C=O) groups is 5. The number of hydrogen-bond donors (Lipinski definition) is 3. The Morgan fingerprint density at radius 1 is 0.943 bits per heavy atom. The number of nitrogens with two attached hydrogens (primary N) is 1. The van der Waals surface area contributed by atoms with E-state index in [4.69, 9.17) is 5.73 Å². The minimum Gasteiger partial charge on any atom is -0.370 e. The topological polar surface area (TPSA) is 142 Å². The van der Waals surface area contributed by atoms with E-state index in [2.05, 4.69) is 10.6 Å². The molecule has 2 fully saturated rings. The maximum atomic E-state index is 14.2. The number of amides is 4. The van der Waals surface area contributed by atoms with E-state index in [1.165, 1.54) is 23.1 Å². The first-order valence-corrected chi connectivity index (χ1v) is 18.5. The van der Waals surface area contributed by atoms with E-state index in [0.29, 0.717) is 29.5 Å².